The molecule has 5 rings (SSSR count). The number of nitrogens with zero attached hydrogens (tertiary/aromatic N) is 4. The molecule has 5 aromatic rings. The van der Waals surface area contributed by atoms with Crippen molar-refractivity contribution in [2.45, 2.75) is 52.6 Å². The van der Waals surface area contributed by atoms with Gasteiger partial charge in [0.05, 0.1) is 32.8 Å². The Bertz CT molecular complexity index is 2720. The Labute approximate surface area is 397 Å². The highest BCUT2D eigenvalue weighted by Crippen LogP contribution is 2.31. The van der Waals surface area contributed by atoms with E-state index in [4.69, 9.17) is 69.6 Å². The number of carbonyl (C=O) groups is 6. The van der Waals surface area contributed by atoms with E-state index >= 15 is 0 Å². The fourth-order valence-corrected chi connectivity index (χ4v) is 7.08. The average molecular weight is 986 g/mol. The van der Waals surface area contributed by atoms with Crippen molar-refractivity contribution in [2.75, 3.05) is 21.3 Å². The first-order valence-corrected chi connectivity index (χ1v) is 21.4. The Hall–Kier alpha value is -5.74. The van der Waals surface area contributed by atoms with Gasteiger partial charge in [-0.15, -0.1) is 0 Å². The number of hydrogen-bond donors (Lipinski definition) is 4. The molecule has 0 heterocycles. The maximum absolute atomic E-state index is 13.6. The van der Waals surface area contributed by atoms with Crippen LogP contribution in [0.15, 0.2) is 105 Å². The third-order valence-electron chi connectivity index (χ3n) is 9.07. The summed E-state index contributed by atoms with van der Waals surface area (Å²) in [6.45, 7) is 5.99. The Morgan fingerprint density at radius 3 is 1.30 bits per heavy atom. The first-order chi connectivity index (χ1) is 30.3. The van der Waals surface area contributed by atoms with Crippen LogP contribution < -0.4 is 21.3 Å². The van der Waals surface area contributed by atoms with Crippen LogP contribution in [0.4, 0.5) is 34.1 Å². The van der Waals surface area contributed by atoms with Crippen LogP contribution in [-0.2, 0) is 32.0 Å². The van der Waals surface area contributed by atoms with E-state index in [1.54, 1.807) is 24.3 Å². The summed E-state index contributed by atoms with van der Waals surface area (Å²) in [4.78, 5) is 78.7. The fourth-order valence-electron chi connectivity index (χ4n) is 5.95. The number of carbonyl (C=O) groups excluding carboxylic acids is 6. The molecule has 0 spiro atoms. The molecule has 0 bridgehead atoms. The van der Waals surface area contributed by atoms with E-state index in [0.717, 1.165) is 0 Å². The number of aryl methyl sites for hydroxylation is 2. The van der Waals surface area contributed by atoms with Crippen LogP contribution in [0.25, 0.3) is 0 Å². The van der Waals surface area contributed by atoms with Crippen LogP contribution in [0.1, 0.15) is 59.5 Å². The molecule has 0 aromatic heterocycles. The molecule has 4 amide bonds. The van der Waals surface area contributed by atoms with Gasteiger partial charge in [-0.25, -0.2) is 0 Å². The van der Waals surface area contributed by atoms with E-state index in [2.05, 4.69) is 41.7 Å². The summed E-state index contributed by atoms with van der Waals surface area (Å²) in [5.74, 6) is -4.02. The fraction of sp³-hybridized carbons (Fsp3) is 0.182. The monoisotopic (exact) mass is 982 g/mol. The van der Waals surface area contributed by atoms with Gasteiger partial charge in [-0.05, 0) is 123 Å². The highest BCUT2D eigenvalue weighted by atomic mass is 35.5. The summed E-state index contributed by atoms with van der Waals surface area (Å²) >= 11 is 37.0. The Balaban J connectivity index is 1.31. The van der Waals surface area contributed by atoms with Crippen molar-refractivity contribution in [3.63, 3.8) is 0 Å². The van der Waals surface area contributed by atoms with E-state index in [9.17, 15) is 28.8 Å². The van der Waals surface area contributed by atoms with Crippen molar-refractivity contribution in [3.8, 4) is 0 Å². The molecule has 4 N–H and O–H groups in total. The predicted octanol–water partition coefficient (Wildman–Crippen LogP) is 12.6. The van der Waals surface area contributed by atoms with Gasteiger partial charge in [0.25, 0.3) is 23.6 Å². The smallest absolute Gasteiger partial charge is 0.258 e. The molecule has 0 saturated carbocycles. The molecule has 2 unspecified atom stereocenters. The molecule has 14 nitrogen and oxygen atoms in total. The van der Waals surface area contributed by atoms with Crippen molar-refractivity contribution < 1.29 is 28.8 Å². The second-order valence-electron chi connectivity index (χ2n) is 13.9. The van der Waals surface area contributed by atoms with Crippen molar-refractivity contribution >= 4 is 139 Å². The lowest BCUT2D eigenvalue weighted by atomic mass is 10.0. The van der Waals surface area contributed by atoms with E-state index in [1.165, 1.54) is 74.5 Å². The minimum Gasteiger partial charge on any atom is -0.324 e. The zero-order valence-electron chi connectivity index (χ0n) is 34.2. The number of azo groups is 2. The van der Waals surface area contributed by atoms with Gasteiger partial charge in [0.15, 0.2) is 11.6 Å². The van der Waals surface area contributed by atoms with Gasteiger partial charge in [0, 0.05) is 42.6 Å². The molecular weight excluding hydrogens is 949 g/mol. The lowest BCUT2D eigenvalue weighted by molar-refractivity contribution is -0.127. The predicted molar refractivity (Wildman–Crippen MR) is 252 cm³/mol. The number of halogens is 6. The van der Waals surface area contributed by atoms with Gasteiger partial charge in [-0.1, -0.05) is 83.5 Å². The summed E-state index contributed by atoms with van der Waals surface area (Å²) in [5, 5.41) is 28.4. The van der Waals surface area contributed by atoms with Gasteiger partial charge < -0.3 is 21.3 Å². The first-order valence-electron chi connectivity index (χ1n) is 19.1. The molecule has 0 aliphatic heterocycles. The topological polar surface area (TPSA) is 200 Å². The maximum atomic E-state index is 13.6. The Morgan fingerprint density at radius 1 is 0.500 bits per heavy atom. The quantitative estimate of drug-likeness (QED) is 0.0560. The normalized spacial score (nSPS) is 12.2. The summed E-state index contributed by atoms with van der Waals surface area (Å²) in [7, 11) is 0. The number of Topliss-reactive ketones (excluding diaryl/α,β-unsaturated/α-hetero) is 2. The summed E-state index contributed by atoms with van der Waals surface area (Å²) in [6.07, 6.45) is 0.743. The zero-order valence-corrected chi connectivity index (χ0v) is 38.7. The molecule has 5 aromatic carbocycles. The zero-order chi connectivity index (χ0) is 46.8. The molecule has 2 atom stereocenters. The average Bonchev–Trinajstić information content (AvgIpc) is 3.23. The minimum atomic E-state index is -1.59. The van der Waals surface area contributed by atoms with Crippen LogP contribution in [0, 0.1) is 0 Å². The number of ketones is 2. The molecule has 0 aliphatic carbocycles. The van der Waals surface area contributed by atoms with Crippen LogP contribution in [0.3, 0.4) is 0 Å². The molecule has 0 radical (unpaired) electrons. The largest absolute Gasteiger partial charge is 0.324 e. The number of hydrogen-bond acceptors (Lipinski definition) is 10. The van der Waals surface area contributed by atoms with Crippen molar-refractivity contribution in [2.24, 2.45) is 20.5 Å². The van der Waals surface area contributed by atoms with Crippen molar-refractivity contribution in [1.29, 1.82) is 0 Å². The third-order valence-corrected chi connectivity index (χ3v) is 10.6. The van der Waals surface area contributed by atoms with Gasteiger partial charge in [-0.2, -0.15) is 20.5 Å². The Morgan fingerprint density at radius 2 is 0.906 bits per heavy atom. The number of benzene rings is 5. The van der Waals surface area contributed by atoms with Crippen molar-refractivity contribution in [1.82, 2.24) is 0 Å². The number of rotatable bonds is 16. The van der Waals surface area contributed by atoms with Gasteiger partial charge in [0.1, 0.15) is 0 Å². The van der Waals surface area contributed by atoms with Crippen LogP contribution in [0.2, 0.25) is 30.1 Å². The summed E-state index contributed by atoms with van der Waals surface area (Å²) in [5.41, 5.74) is 2.71. The second-order valence-corrected chi connectivity index (χ2v) is 16.4. The number of amides is 4. The van der Waals surface area contributed by atoms with Crippen molar-refractivity contribution in [3.05, 3.63) is 137 Å². The number of nitrogens with one attached hydrogen (secondary N) is 4. The van der Waals surface area contributed by atoms with Gasteiger partial charge in [-0.3, -0.25) is 28.8 Å². The molecule has 0 aliphatic rings. The Kier molecular flexibility index (Phi) is 17.1. The van der Waals surface area contributed by atoms with E-state index in [-0.39, 0.29) is 54.0 Å². The molecule has 330 valence electrons. The standard InChI is InChI=1S/C44H36Cl6N8O6/c1-5-23-13-31(51-43(63)38(21(3)59)57-55-32-15-25(11-29(47)17-32)41(61)52-36-19-27(45)7-9-34(36)49)14-24(6-2)40(23)54-44(64)39(22(4)60)58-56-33-16-26(12-30(48)18-33)42(62)53-37-20-28(46)8-10-35(37)50/h7-20,38-39H,5-6H2,1-4H3,(H,51,63)(H,52,61)(H,53,62)(H,54,64). The minimum absolute atomic E-state index is 0.0827. The van der Waals surface area contributed by atoms with E-state index < -0.39 is 47.3 Å². The first kappa shape index (κ1) is 49.3. The van der Waals surface area contributed by atoms with Crippen LogP contribution in [-0.4, -0.2) is 47.3 Å². The number of anilines is 4. The van der Waals surface area contributed by atoms with Crippen LogP contribution >= 0.6 is 69.6 Å². The molecule has 0 saturated heterocycles. The maximum Gasteiger partial charge on any atom is 0.258 e. The van der Waals surface area contributed by atoms with E-state index in [0.29, 0.717) is 45.4 Å². The van der Waals surface area contributed by atoms with Gasteiger partial charge in [0.2, 0.25) is 12.1 Å². The highest BCUT2D eigenvalue weighted by molar-refractivity contribution is 6.37. The molecule has 0 fully saturated rings. The SMILES string of the molecule is CCc1cc(NC(=O)C(N=Nc2cc(Cl)cc(C(=O)Nc3cc(Cl)ccc3Cl)c2)C(C)=O)cc(CC)c1NC(=O)C(N=Nc1cc(Cl)cc(C(=O)Nc2cc(Cl)ccc2Cl)c1)C(C)=O. The highest BCUT2D eigenvalue weighted by Gasteiger charge is 2.27. The summed E-state index contributed by atoms with van der Waals surface area (Å²) < 4.78 is 0. The second kappa shape index (κ2) is 22.2. The lowest BCUT2D eigenvalue weighted by Crippen LogP contribution is -2.33. The third kappa shape index (κ3) is 13.2. The summed E-state index contributed by atoms with van der Waals surface area (Å²) in [6, 6.07) is 17.5. The molecule has 20 heteroatoms. The van der Waals surface area contributed by atoms with Gasteiger partial charge >= 0.3 is 0 Å². The molecular formula is C44H36Cl6N8O6. The molecule has 64 heavy (non-hydrogen) atoms. The van der Waals surface area contributed by atoms with E-state index in [1.807, 2.05) is 13.8 Å². The lowest BCUT2D eigenvalue weighted by Gasteiger charge is -2.19. The van der Waals surface area contributed by atoms with Crippen LogP contribution in [0.5, 0.6) is 0 Å².